The number of carbonyl (C=O) groups excluding carboxylic acids is 1. The summed E-state index contributed by atoms with van der Waals surface area (Å²) in [5.74, 6) is -0.270. The van der Waals surface area contributed by atoms with Crippen LogP contribution in [0.2, 0.25) is 0 Å². The molecule has 1 heterocycles. The van der Waals surface area contributed by atoms with Gasteiger partial charge in [0.1, 0.15) is 0 Å². The third kappa shape index (κ3) is 3.10. The lowest BCUT2D eigenvalue weighted by Gasteiger charge is -2.33. The molecule has 0 aromatic heterocycles. The summed E-state index contributed by atoms with van der Waals surface area (Å²) in [6.45, 7) is 4.45. The second-order valence-corrected chi connectivity index (χ2v) is 5.00. The Morgan fingerprint density at radius 3 is 2.67 bits per heavy atom. The minimum absolute atomic E-state index is 0.270. The molecule has 0 saturated carbocycles. The summed E-state index contributed by atoms with van der Waals surface area (Å²) in [5.41, 5.74) is 1.88. The van der Waals surface area contributed by atoms with Crippen LogP contribution in [0.4, 0.5) is 0 Å². The fourth-order valence-corrected chi connectivity index (χ4v) is 2.49. The highest BCUT2D eigenvalue weighted by Gasteiger charge is 2.18. The second-order valence-electron chi connectivity index (χ2n) is 5.00. The van der Waals surface area contributed by atoms with Gasteiger partial charge in [-0.25, -0.2) is 4.79 Å². The average molecular weight is 247 g/mol. The minimum Gasteiger partial charge on any atom is -0.465 e. The molecular formula is C15H21NO2. The van der Waals surface area contributed by atoms with Crippen LogP contribution in [0.3, 0.4) is 0 Å². The van der Waals surface area contributed by atoms with Crippen LogP contribution in [0, 0.1) is 0 Å². The molecule has 0 spiro atoms. The topological polar surface area (TPSA) is 29.5 Å². The number of ether oxygens (including phenoxy) is 1. The van der Waals surface area contributed by atoms with E-state index in [2.05, 4.69) is 11.8 Å². The first kappa shape index (κ1) is 13.1. The summed E-state index contributed by atoms with van der Waals surface area (Å²) >= 11 is 0. The first-order valence-electron chi connectivity index (χ1n) is 6.62. The predicted octanol–water partition coefficient (Wildman–Crippen LogP) is 2.85. The quantitative estimate of drug-likeness (QED) is 0.769. The summed E-state index contributed by atoms with van der Waals surface area (Å²) in [5, 5.41) is 0. The fraction of sp³-hybridized carbons (Fsp3) is 0.533. The lowest BCUT2D eigenvalue weighted by atomic mass is 10.0. The van der Waals surface area contributed by atoms with E-state index in [1.807, 2.05) is 24.3 Å². The number of likely N-dealkylation sites (tertiary alicyclic amines) is 1. The van der Waals surface area contributed by atoms with E-state index in [0.29, 0.717) is 11.6 Å². The fourth-order valence-electron chi connectivity index (χ4n) is 2.49. The number of esters is 1. The normalized spacial score (nSPS) is 20.7. The number of rotatable bonds is 3. The van der Waals surface area contributed by atoms with Gasteiger partial charge in [-0.3, -0.25) is 4.90 Å². The van der Waals surface area contributed by atoms with E-state index < -0.39 is 0 Å². The van der Waals surface area contributed by atoms with Gasteiger partial charge in [-0.2, -0.15) is 0 Å². The lowest BCUT2D eigenvalue weighted by Crippen LogP contribution is -2.36. The summed E-state index contributed by atoms with van der Waals surface area (Å²) in [4.78, 5) is 13.8. The first-order chi connectivity index (χ1) is 8.70. The monoisotopic (exact) mass is 247 g/mol. The molecule has 0 amide bonds. The zero-order valence-electron chi connectivity index (χ0n) is 11.2. The summed E-state index contributed by atoms with van der Waals surface area (Å²) in [6, 6.07) is 8.39. The molecular weight excluding hydrogens is 226 g/mol. The van der Waals surface area contributed by atoms with Crippen molar-refractivity contribution in [1.29, 1.82) is 0 Å². The number of benzene rings is 1. The molecule has 1 aliphatic rings. The molecule has 18 heavy (non-hydrogen) atoms. The maximum atomic E-state index is 11.3. The smallest absolute Gasteiger partial charge is 0.337 e. The number of hydrogen-bond acceptors (Lipinski definition) is 3. The van der Waals surface area contributed by atoms with Crippen LogP contribution < -0.4 is 0 Å². The van der Waals surface area contributed by atoms with E-state index in [0.717, 1.165) is 6.54 Å². The van der Waals surface area contributed by atoms with Crippen LogP contribution in [-0.2, 0) is 11.3 Å². The molecule has 1 atom stereocenters. The number of methoxy groups -OCH3 is 1. The highest BCUT2D eigenvalue weighted by Crippen LogP contribution is 2.19. The van der Waals surface area contributed by atoms with Crippen molar-refractivity contribution < 1.29 is 9.53 Å². The van der Waals surface area contributed by atoms with Crippen molar-refractivity contribution in [2.45, 2.75) is 38.8 Å². The van der Waals surface area contributed by atoms with Gasteiger partial charge in [0, 0.05) is 12.6 Å². The van der Waals surface area contributed by atoms with Crippen LogP contribution in [0.15, 0.2) is 24.3 Å². The molecule has 0 unspecified atom stereocenters. The molecule has 1 saturated heterocycles. The van der Waals surface area contributed by atoms with Crippen molar-refractivity contribution in [3.05, 3.63) is 35.4 Å². The number of hydrogen-bond donors (Lipinski definition) is 0. The van der Waals surface area contributed by atoms with E-state index in [4.69, 9.17) is 4.74 Å². The van der Waals surface area contributed by atoms with Crippen LogP contribution >= 0.6 is 0 Å². The third-order valence-corrected chi connectivity index (χ3v) is 3.70. The Balaban J connectivity index is 1.99. The van der Waals surface area contributed by atoms with Gasteiger partial charge in [0.2, 0.25) is 0 Å². The molecule has 1 aromatic carbocycles. The molecule has 1 fully saturated rings. The maximum Gasteiger partial charge on any atom is 0.337 e. The molecule has 2 rings (SSSR count). The van der Waals surface area contributed by atoms with Crippen molar-refractivity contribution in [2.24, 2.45) is 0 Å². The van der Waals surface area contributed by atoms with Gasteiger partial charge in [0.05, 0.1) is 12.7 Å². The molecule has 3 nitrogen and oxygen atoms in total. The molecule has 0 aliphatic carbocycles. The zero-order chi connectivity index (χ0) is 13.0. The van der Waals surface area contributed by atoms with E-state index in [-0.39, 0.29) is 5.97 Å². The molecule has 0 radical (unpaired) electrons. The molecule has 1 aliphatic heterocycles. The number of carbonyl (C=O) groups is 1. The zero-order valence-corrected chi connectivity index (χ0v) is 11.2. The number of nitrogens with zero attached hydrogens (tertiary/aromatic N) is 1. The van der Waals surface area contributed by atoms with Crippen molar-refractivity contribution >= 4 is 5.97 Å². The Labute approximate surface area is 109 Å². The largest absolute Gasteiger partial charge is 0.465 e. The van der Waals surface area contributed by atoms with Gasteiger partial charge in [0.15, 0.2) is 0 Å². The first-order valence-corrected chi connectivity index (χ1v) is 6.62. The van der Waals surface area contributed by atoms with Gasteiger partial charge >= 0.3 is 5.97 Å². The molecule has 0 N–H and O–H groups in total. The van der Waals surface area contributed by atoms with Gasteiger partial charge in [-0.05, 0) is 44.0 Å². The maximum absolute atomic E-state index is 11.3. The Kier molecular flexibility index (Phi) is 4.37. The van der Waals surface area contributed by atoms with Crippen molar-refractivity contribution in [3.8, 4) is 0 Å². The van der Waals surface area contributed by atoms with Crippen LogP contribution in [0.25, 0.3) is 0 Å². The summed E-state index contributed by atoms with van der Waals surface area (Å²) in [6.07, 6.45) is 3.93. The Morgan fingerprint density at radius 1 is 1.33 bits per heavy atom. The van der Waals surface area contributed by atoms with Crippen molar-refractivity contribution in [2.75, 3.05) is 13.7 Å². The Hall–Kier alpha value is -1.35. The van der Waals surface area contributed by atoms with E-state index >= 15 is 0 Å². The van der Waals surface area contributed by atoms with Gasteiger partial charge < -0.3 is 4.74 Å². The molecule has 0 bridgehead atoms. The highest BCUT2D eigenvalue weighted by atomic mass is 16.5. The Morgan fingerprint density at radius 2 is 2.06 bits per heavy atom. The van der Waals surface area contributed by atoms with Crippen LogP contribution in [0.5, 0.6) is 0 Å². The second kappa shape index (κ2) is 6.01. The Bertz CT molecular complexity index is 399. The number of piperidine rings is 1. The van der Waals surface area contributed by atoms with Gasteiger partial charge in [-0.15, -0.1) is 0 Å². The van der Waals surface area contributed by atoms with Crippen LogP contribution in [0.1, 0.15) is 42.1 Å². The predicted molar refractivity (Wildman–Crippen MR) is 71.5 cm³/mol. The molecule has 98 valence electrons. The third-order valence-electron chi connectivity index (χ3n) is 3.70. The van der Waals surface area contributed by atoms with Gasteiger partial charge in [-0.1, -0.05) is 18.6 Å². The highest BCUT2D eigenvalue weighted by molar-refractivity contribution is 5.89. The minimum atomic E-state index is -0.270. The molecule has 1 aromatic rings. The summed E-state index contributed by atoms with van der Waals surface area (Å²) in [7, 11) is 1.41. The van der Waals surface area contributed by atoms with Crippen LogP contribution in [-0.4, -0.2) is 30.6 Å². The van der Waals surface area contributed by atoms with E-state index in [1.54, 1.807) is 0 Å². The SMILES string of the molecule is COC(=O)c1ccc(CN2CCCC[C@@H]2C)cc1. The average Bonchev–Trinajstić information content (AvgIpc) is 2.41. The van der Waals surface area contributed by atoms with E-state index in [1.165, 1.54) is 38.5 Å². The van der Waals surface area contributed by atoms with Crippen molar-refractivity contribution in [1.82, 2.24) is 4.90 Å². The standard InChI is InChI=1S/C15H21NO2/c1-12-5-3-4-10-16(12)11-13-6-8-14(9-7-13)15(17)18-2/h6-9,12H,3-5,10-11H2,1-2H3/t12-/m0/s1. The van der Waals surface area contributed by atoms with E-state index in [9.17, 15) is 4.79 Å². The van der Waals surface area contributed by atoms with Crippen molar-refractivity contribution in [3.63, 3.8) is 0 Å². The summed E-state index contributed by atoms with van der Waals surface area (Å²) < 4.78 is 4.69. The lowest BCUT2D eigenvalue weighted by molar-refractivity contribution is 0.0600. The van der Waals surface area contributed by atoms with Gasteiger partial charge in [0.25, 0.3) is 0 Å². The molecule has 3 heteroatoms.